The predicted molar refractivity (Wildman–Crippen MR) is 108 cm³/mol. The summed E-state index contributed by atoms with van der Waals surface area (Å²) < 4.78 is 11.2. The number of piperazine rings is 1. The van der Waals surface area contributed by atoms with Crippen LogP contribution in [0.5, 0.6) is 5.75 Å². The highest BCUT2D eigenvalue weighted by atomic mass is 16.5. The number of methoxy groups -OCH3 is 2. The summed E-state index contributed by atoms with van der Waals surface area (Å²) in [5.41, 5.74) is 2.74. The highest BCUT2D eigenvalue weighted by molar-refractivity contribution is 5.27. The van der Waals surface area contributed by atoms with Crippen molar-refractivity contribution < 1.29 is 9.47 Å². The zero-order valence-corrected chi connectivity index (χ0v) is 16.4. The molecule has 0 spiro atoms. The van der Waals surface area contributed by atoms with Crippen LogP contribution in [0.1, 0.15) is 24.0 Å². The van der Waals surface area contributed by atoms with Crippen LogP contribution in [0.25, 0.3) is 0 Å². The van der Waals surface area contributed by atoms with E-state index in [1.54, 1.807) is 7.11 Å². The maximum atomic E-state index is 5.92. The minimum Gasteiger partial charge on any atom is -0.497 e. The number of rotatable bonds is 6. The lowest BCUT2D eigenvalue weighted by atomic mass is 10.0. The molecule has 0 saturated carbocycles. The normalized spacial score (nSPS) is 26.1. The third kappa shape index (κ3) is 4.18. The standard InChI is InChI=1S/C23H30N2O2/c1-26-21-11-8-19(9-12-21)15-25-16-20-10-13-23(27-2)22(25)17-24(20)14-18-6-4-3-5-7-18/h3-9,11-12,20,22-23H,10,13-17H2,1-2H3/t20-,22+,23-/m0/s1. The Morgan fingerprint density at radius 1 is 0.815 bits per heavy atom. The predicted octanol–water partition coefficient (Wildman–Crippen LogP) is 3.56. The number of fused-ring (bicyclic) bond motifs is 4. The van der Waals surface area contributed by atoms with Crippen molar-refractivity contribution >= 4 is 0 Å². The van der Waals surface area contributed by atoms with Gasteiger partial charge in [0.2, 0.25) is 0 Å². The second-order valence-electron chi connectivity index (χ2n) is 7.77. The van der Waals surface area contributed by atoms with E-state index >= 15 is 0 Å². The van der Waals surface area contributed by atoms with E-state index in [4.69, 9.17) is 9.47 Å². The molecule has 0 unspecified atom stereocenters. The van der Waals surface area contributed by atoms with Gasteiger partial charge in [-0.15, -0.1) is 0 Å². The molecule has 2 aromatic carbocycles. The summed E-state index contributed by atoms with van der Waals surface area (Å²) in [6.45, 7) is 4.20. The molecule has 4 nitrogen and oxygen atoms in total. The Hall–Kier alpha value is -1.88. The highest BCUT2D eigenvalue weighted by Gasteiger charge is 2.41. The summed E-state index contributed by atoms with van der Waals surface area (Å²) in [5.74, 6) is 0.917. The molecule has 0 N–H and O–H groups in total. The molecule has 3 atom stereocenters. The molecule has 3 aliphatic rings. The zero-order chi connectivity index (χ0) is 18.6. The Morgan fingerprint density at radius 2 is 1.52 bits per heavy atom. The summed E-state index contributed by atoms with van der Waals surface area (Å²) in [6.07, 6.45) is 2.67. The smallest absolute Gasteiger partial charge is 0.118 e. The van der Waals surface area contributed by atoms with Gasteiger partial charge in [-0.25, -0.2) is 0 Å². The SMILES string of the molecule is COc1ccc(CN2C[C@@H]3CC[C@H](OC)[C@H]2CN3Cc2ccccc2)cc1. The fourth-order valence-corrected chi connectivity index (χ4v) is 4.64. The molecule has 3 saturated heterocycles. The van der Waals surface area contributed by atoms with E-state index < -0.39 is 0 Å². The van der Waals surface area contributed by atoms with Gasteiger partial charge >= 0.3 is 0 Å². The van der Waals surface area contributed by atoms with Crippen molar-refractivity contribution in [1.82, 2.24) is 9.80 Å². The van der Waals surface area contributed by atoms with Crippen molar-refractivity contribution in [1.29, 1.82) is 0 Å². The average Bonchev–Trinajstić information content (AvgIpc) is 2.99. The monoisotopic (exact) mass is 366 g/mol. The van der Waals surface area contributed by atoms with Gasteiger partial charge in [0.25, 0.3) is 0 Å². The maximum Gasteiger partial charge on any atom is 0.118 e. The first kappa shape index (κ1) is 18.5. The number of hydrogen-bond acceptors (Lipinski definition) is 4. The lowest BCUT2D eigenvalue weighted by Gasteiger charge is -2.45. The molecule has 2 aromatic rings. The van der Waals surface area contributed by atoms with Gasteiger partial charge in [0.05, 0.1) is 13.2 Å². The van der Waals surface area contributed by atoms with E-state index in [2.05, 4.69) is 64.4 Å². The topological polar surface area (TPSA) is 24.9 Å². The minimum atomic E-state index is 0.314. The molecule has 5 rings (SSSR count). The van der Waals surface area contributed by atoms with E-state index in [1.807, 2.05) is 7.11 Å². The van der Waals surface area contributed by atoms with Gasteiger partial charge in [0, 0.05) is 45.4 Å². The van der Waals surface area contributed by atoms with E-state index in [1.165, 1.54) is 17.5 Å². The van der Waals surface area contributed by atoms with Gasteiger partial charge < -0.3 is 9.47 Å². The second-order valence-corrected chi connectivity index (χ2v) is 7.77. The molecule has 3 heterocycles. The van der Waals surface area contributed by atoms with Crippen LogP contribution in [0.4, 0.5) is 0 Å². The lowest BCUT2D eigenvalue weighted by Crippen LogP contribution is -2.58. The Morgan fingerprint density at radius 3 is 2.22 bits per heavy atom. The van der Waals surface area contributed by atoms with E-state index in [0.717, 1.165) is 38.3 Å². The van der Waals surface area contributed by atoms with Gasteiger partial charge in [-0.2, -0.15) is 0 Å². The first-order chi connectivity index (χ1) is 13.3. The van der Waals surface area contributed by atoms with Crippen LogP contribution in [-0.4, -0.2) is 55.3 Å². The summed E-state index contributed by atoms with van der Waals surface area (Å²) >= 11 is 0. The Kier molecular flexibility index (Phi) is 5.77. The number of ether oxygens (including phenoxy) is 2. The van der Waals surface area contributed by atoms with Gasteiger partial charge in [-0.05, 0) is 36.1 Å². The summed E-state index contributed by atoms with van der Waals surface area (Å²) in [6, 6.07) is 20.4. The average molecular weight is 367 g/mol. The number of hydrogen-bond donors (Lipinski definition) is 0. The van der Waals surface area contributed by atoms with Crippen LogP contribution >= 0.6 is 0 Å². The van der Waals surface area contributed by atoms with Crippen molar-refractivity contribution in [3.05, 3.63) is 65.7 Å². The third-order valence-corrected chi connectivity index (χ3v) is 6.14. The van der Waals surface area contributed by atoms with E-state index in [0.29, 0.717) is 18.2 Å². The van der Waals surface area contributed by atoms with Crippen molar-refractivity contribution in [3.63, 3.8) is 0 Å². The molecule has 4 heteroatoms. The Labute approximate surface area is 162 Å². The minimum absolute atomic E-state index is 0.314. The molecular weight excluding hydrogens is 336 g/mol. The van der Waals surface area contributed by atoms with Gasteiger partial charge in [-0.3, -0.25) is 9.80 Å². The molecule has 27 heavy (non-hydrogen) atoms. The molecular formula is C23H30N2O2. The van der Waals surface area contributed by atoms with Crippen LogP contribution in [0.3, 0.4) is 0 Å². The fraction of sp³-hybridized carbons (Fsp3) is 0.478. The van der Waals surface area contributed by atoms with Gasteiger partial charge in [0.15, 0.2) is 0 Å². The van der Waals surface area contributed by atoms with Crippen LogP contribution in [0.15, 0.2) is 54.6 Å². The number of benzene rings is 2. The molecule has 0 amide bonds. The molecule has 3 aliphatic heterocycles. The molecule has 3 fully saturated rings. The maximum absolute atomic E-state index is 5.92. The van der Waals surface area contributed by atoms with Crippen LogP contribution in [0, 0.1) is 0 Å². The van der Waals surface area contributed by atoms with Crippen molar-refractivity contribution in [2.45, 2.75) is 44.1 Å². The van der Waals surface area contributed by atoms with Crippen LogP contribution < -0.4 is 4.74 Å². The molecule has 0 aliphatic carbocycles. The van der Waals surface area contributed by atoms with Crippen molar-refractivity contribution in [2.24, 2.45) is 0 Å². The molecule has 0 radical (unpaired) electrons. The van der Waals surface area contributed by atoms with Gasteiger partial charge in [-0.1, -0.05) is 42.5 Å². The van der Waals surface area contributed by atoms with Crippen molar-refractivity contribution in [3.8, 4) is 5.75 Å². The molecule has 144 valence electrons. The summed E-state index contributed by atoms with van der Waals surface area (Å²) in [5, 5.41) is 0. The van der Waals surface area contributed by atoms with Crippen LogP contribution in [-0.2, 0) is 17.8 Å². The van der Waals surface area contributed by atoms with E-state index in [-0.39, 0.29) is 0 Å². The first-order valence-electron chi connectivity index (χ1n) is 9.94. The fourth-order valence-electron chi connectivity index (χ4n) is 4.64. The lowest BCUT2D eigenvalue weighted by molar-refractivity contribution is -0.0276. The third-order valence-electron chi connectivity index (χ3n) is 6.14. The molecule has 2 bridgehead atoms. The highest BCUT2D eigenvalue weighted by Crippen LogP contribution is 2.31. The first-order valence-corrected chi connectivity index (χ1v) is 9.94. The molecule has 0 aromatic heterocycles. The Bertz CT molecular complexity index is 719. The largest absolute Gasteiger partial charge is 0.497 e. The second kappa shape index (κ2) is 8.42. The van der Waals surface area contributed by atoms with Crippen molar-refractivity contribution in [2.75, 3.05) is 27.3 Å². The summed E-state index contributed by atoms with van der Waals surface area (Å²) in [7, 11) is 3.59. The Balaban J connectivity index is 1.49. The summed E-state index contributed by atoms with van der Waals surface area (Å²) in [4.78, 5) is 5.30. The number of nitrogens with zero attached hydrogens (tertiary/aromatic N) is 2. The van der Waals surface area contributed by atoms with Crippen LogP contribution in [0.2, 0.25) is 0 Å². The van der Waals surface area contributed by atoms with Gasteiger partial charge in [0.1, 0.15) is 5.75 Å². The van der Waals surface area contributed by atoms with E-state index in [9.17, 15) is 0 Å². The quantitative estimate of drug-likeness (QED) is 0.780. The zero-order valence-electron chi connectivity index (χ0n) is 16.4.